The van der Waals surface area contributed by atoms with Crippen LogP contribution in [0.5, 0.6) is 0 Å². The fourth-order valence-corrected chi connectivity index (χ4v) is 4.45. The molecule has 2 aromatic carbocycles. The Hall–Kier alpha value is -3.80. The summed E-state index contributed by atoms with van der Waals surface area (Å²) in [6.45, 7) is 3.33. The molecule has 0 bridgehead atoms. The van der Waals surface area contributed by atoms with E-state index in [9.17, 15) is 24.1 Å². The van der Waals surface area contributed by atoms with Crippen LogP contribution in [-0.4, -0.2) is 77.4 Å². The van der Waals surface area contributed by atoms with Gasteiger partial charge in [0, 0.05) is 44.9 Å². The molecule has 206 valence electrons. The van der Waals surface area contributed by atoms with Gasteiger partial charge in [0.05, 0.1) is 41.5 Å². The first kappa shape index (κ1) is 28.2. The average molecular weight is 559 g/mol. The van der Waals surface area contributed by atoms with E-state index < -0.39 is 10.8 Å². The van der Waals surface area contributed by atoms with E-state index in [1.54, 1.807) is 24.3 Å². The molecule has 1 saturated heterocycles. The van der Waals surface area contributed by atoms with Crippen LogP contribution in [-0.2, 0) is 22.6 Å². The fraction of sp³-hybridized carbons (Fsp3) is 0.333. The molecule has 10 nitrogen and oxygen atoms in total. The third-order valence-electron chi connectivity index (χ3n) is 6.36. The van der Waals surface area contributed by atoms with E-state index in [-0.39, 0.29) is 54.2 Å². The summed E-state index contributed by atoms with van der Waals surface area (Å²) in [6, 6.07) is 12.9. The van der Waals surface area contributed by atoms with Crippen LogP contribution in [0.15, 0.2) is 65.3 Å². The molecule has 0 radical (unpaired) electrons. The molecule has 4 rings (SSSR count). The Morgan fingerprint density at radius 1 is 1.05 bits per heavy atom. The number of nitro groups is 1. The highest BCUT2D eigenvalue weighted by atomic mass is 35.5. The lowest BCUT2D eigenvalue weighted by molar-refractivity contribution is -0.384. The van der Waals surface area contributed by atoms with Gasteiger partial charge in [-0.1, -0.05) is 23.7 Å². The summed E-state index contributed by atoms with van der Waals surface area (Å²) < 4.78 is 24.3. The predicted octanol–water partition coefficient (Wildman–Crippen LogP) is 3.98. The molecule has 1 aliphatic heterocycles. The predicted molar refractivity (Wildman–Crippen MR) is 141 cm³/mol. The summed E-state index contributed by atoms with van der Waals surface area (Å²) in [4.78, 5) is 42.8. The summed E-state index contributed by atoms with van der Waals surface area (Å²) in [5.41, 5.74) is 0.533. The zero-order chi connectivity index (χ0) is 27.8. The molecule has 0 atom stereocenters. The highest BCUT2D eigenvalue weighted by Gasteiger charge is 2.26. The molecule has 1 fully saturated rings. The Morgan fingerprint density at radius 2 is 1.79 bits per heavy atom. The second-order valence-corrected chi connectivity index (χ2v) is 9.46. The molecule has 12 heteroatoms. The van der Waals surface area contributed by atoms with E-state index >= 15 is 0 Å². The van der Waals surface area contributed by atoms with Gasteiger partial charge in [-0.15, -0.1) is 0 Å². The van der Waals surface area contributed by atoms with Gasteiger partial charge in [-0.25, -0.2) is 4.39 Å². The molecule has 0 aliphatic carbocycles. The zero-order valence-corrected chi connectivity index (χ0v) is 21.9. The first-order valence-electron chi connectivity index (χ1n) is 12.4. The van der Waals surface area contributed by atoms with E-state index in [0.29, 0.717) is 44.2 Å². The number of hydrogen-bond donors (Lipinski definition) is 0. The van der Waals surface area contributed by atoms with Crippen LogP contribution >= 0.6 is 11.6 Å². The largest absolute Gasteiger partial charge is 0.467 e. The number of ether oxygens (including phenoxy) is 1. The van der Waals surface area contributed by atoms with Crippen molar-refractivity contribution in [1.29, 1.82) is 0 Å². The van der Waals surface area contributed by atoms with Crippen molar-refractivity contribution >= 4 is 29.1 Å². The molecule has 0 unspecified atom stereocenters. The summed E-state index contributed by atoms with van der Waals surface area (Å²) in [7, 11) is 0. The quantitative estimate of drug-likeness (QED) is 0.258. The van der Waals surface area contributed by atoms with E-state index in [1.807, 2.05) is 0 Å². The zero-order valence-electron chi connectivity index (χ0n) is 21.1. The second-order valence-electron chi connectivity index (χ2n) is 9.06. The maximum Gasteiger partial charge on any atom is 0.270 e. The monoisotopic (exact) mass is 558 g/mol. The van der Waals surface area contributed by atoms with Gasteiger partial charge < -0.3 is 19.0 Å². The molecular weight excluding hydrogens is 531 g/mol. The number of non-ortho nitro benzene ring substituents is 1. The number of halogens is 2. The molecule has 2 amide bonds. The lowest BCUT2D eigenvalue weighted by atomic mass is 10.1. The number of hydrogen-bond acceptors (Lipinski definition) is 7. The van der Waals surface area contributed by atoms with E-state index in [1.165, 1.54) is 40.3 Å². The minimum atomic E-state index is -0.595. The number of nitro benzene ring substituents is 1. The van der Waals surface area contributed by atoms with Crippen LogP contribution in [0.2, 0.25) is 5.02 Å². The minimum absolute atomic E-state index is 0.0631. The number of amides is 2. The van der Waals surface area contributed by atoms with E-state index in [2.05, 4.69) is 4.90 Å². The summed E-state index contributed by atoms with van der Waals surface area (Å²) in [5, 5.41) is 11.1. The normalized spacial score (nSPS) is 13.7. The highest BCUT2D eigenvalue weighted by molar-refractivity contribution is 6.34. The Bertz CT molecular complexity index is 1280. The third-order valence-corrected chi connectivity index (χ3v) is 6.68. The van der Waals surface area contributed by atoms with Crippen molar-refractivity contribution in [2.75, 3.05) is 45.9 Å². The molecule has 1 aliphatic rings. The molecule has 0 spiro atoms. The van der Waals surface area contributed by atoms with Crippen LogP contribution in [0.4, 0.5) is 10.1 Å². The standard InChI is InChI=1S/C27H28ClFN4O6/c28-25-16-22(33(36)37)7-8-24(25)27(35)31(10-9-30-11-14-38-15-12-30)19-26(34)32(18-23-2-1-13-39-23)17-20-3-5-21(29)6-4-20/h1-8,13,16H,9-12,14-15,17-19H2. The Kier molecular flexibility index (Phi) is 9.64. The molecule has 39 heavy (non-hydrogen) atoms. The lowest BCUT2D eigenvalue weighted by Crippen LogP contribution is -2.47. The number of rotatable bonds is 11. The lowest BCUT2D eigenvalue weighted by Gasteiger charge is -2.31. The van der Waals surface area contributed by atoms with Gasteiger partial charge in [-0.3, -0.25) is 24.6 Å². The SMILES string of the molecule is O=C(CN(CCN1CCOCC1)C(=O)c1ccc([N+](=O)[O-])cc1Cl)N(Cc1ccc(F)cc1)Cc1ccco1. The smallest absolute Gasteiger partial charge is 0.270 e. The van der Waals surface area contributed by atoms with Crippen molar-refractivity contribution in [3.8, 4) is 0 Å². The summed E-state index contributed by atoms with van der Waals surface area (Å²) >= 11 is 6.26. The van der Waals surface area contributed by atoms with Gasteiger partial charge in [0.1, 0.15) is 18.1 Å². The molecule has 2 heterocycles. The summed E-state index contributed by atoms with van der Waals surface area (Å²) in [5.74, 6) is -0.710. The van der Waals surface area contributed by atoms with Crippen molar-refractivity contribution in [3.63, 3.8) is 0 Å². The fourth-order valence-electron chi connectivity index (χ4n) is 4.20. The molecule has 3 aromatic rings. The number of morpholine rings is 1. The first-order chi connectivity index (χ1) is 18.8. The number of carbonyl (C=O) groups is 2. The maximum atomic E-state index is 13.6. The number of nitrogens with zero attached hydrogens (tertiary/aromatic N) is 4. The Balaban J connectivity index is 1.56. The highest BCUT2D eigenvalue weighted by Crippen LogP contribution is 2.24. The Morgan fingerprint density at radius 3 is 2.44 bits per heavy atom. The van der Waals surface area contributed by atoms with Crippen LogP contribution < -0.4 is 0 Å². The van der Waals surface area contributed by atoms with Gasteiger partial charge in [0.2, 0.25) is 5.91 Å². The van der Waals surface area contributed by atoms with Crippen molar-refractivity contribution in [1.82, 2.24) is 14.7 Å². The number of furan rings is 1. The van der Waals surface area contributed by atoms with Crippen LogP contribution in [0.3, 0.4) is 0 Å². The van der Waals surface area contributed by atoms with Crippen molar-refractivity contribution < 1.29 is 28.1 Å². The van der Waals surface area contributed by atoms with Crippen LogP contribution in [0.25, 0.3) is 0 Å². The molecule has 0 saturated carbocycles. The van der Waals surface area contributed by atoms with Gasteiger partial charge in [0.15, 0.2) is 0 Å². The number of carbonyl (C=O) groups excluding carboxylic acids is 2. The first-order valence-corrected chi connectivity index (χ1v) is 12.8. The summed E-state index contributed by atoms with van der Waals surface area (Å²) in [6.07, 6.45) is 1.50. The minimum Gasteiger partial charge on any atom is -0.467 e. The van der Waals surface area contributed by atoms with Gasteiger partial charge >= 0.3 is 0 Å². The van der Waals surface area contributed by atoms with Gasteiger partial charge in [0.25, 0.3) is 11.6 Å². The average Bonchev–Trinajstić information content (AvgIpc) is 3.45. The van der Waals surface area contributed by atoms with Crippen molar-refractivity contribution in [3.05, 3.63) is 98.7 Å². The molecule has 1 aromatic heterocycles. The maximum absolute atomic E-state index is 13.6. The topological polar surface area (TPSA) is 109 Å². The van der Waals surface area contributed by atoms with E-state index in [4.69, 9.17) is 20.8 Å². The van der Waals surface area contributed by atoms with Gasteiger partial charge in [-0.05, 0) is 35.9 Å². The number of benzene rings is 2. The molecular formula is C27H28ClFN4O6. The molecule has 0 N–H and O–H groups in total. The van der Waals surface area contributed by atoms with Crippen molar-refractivity contribution in [2.45, 2.75) is 13.1 Å². The van der Waals surface area contributed by atoms with E-state index in [0.717, 1.165) is 6.07 Å². The van der Waals surface area contributed by atoms with Crippen molar-refractivity contribution in [2.24, 2.45) is 0 Å². The van der Waals surface area contributed by atoms with Gasteiger partial charge in [-0.2, -0.15) is 0 Å². The van der Waals surface area contributed by atoms with Crippen LogP contribution in [0.1, 0.15) is 21.7 Å². The Labute approximate surface area is 229 Å². The van der Waals surface area contributed by atoms with Crippen LogP contribution in [0, 0.1) is 15.9 Å². The third kappa shape index (κ3) is 7.85. The second kappa shape index (κ2) is 13.3.